The largest absolute Gasteiger partial charge is 0.462 e. The SMILES string of the molecule is CCCCCCCCCCCCCCCCCCCCCC(=O)OC[C@H](COC(=O)CCCCCCCCCCCC(C)C)OC(=O)CCCCCCCCCCCCCCCCC(C)CC. The van der Waals surface area contributed by atoms with Gasteiger partial charge in [-0.3, -0.25) is 14.4 Å². The van der Waals surface area contributed by atoms with Gasteiger partial charge in [0.15, 0.2) is 6.10 Å². The molecule has 6 nitrogen and oxygen atoms in total. The van der Waals surface area contributed by atoms with E-state index in [0.717, 1.165) is 69.6 Å². The van der Waals surface area contributed by atoms with E-state index in [1.165, 1.54) is 231 Å². The van der Waals surface area contributed by atoms with Gasteiger partial charge >= 0.3 is 17.9 Å². The van der Waals surface area contributed by atoms with Crippen molar-refractivity contribution in [1.82, 2.24) is 0 Å². The van der Waals surface area contributed by atoms with Gasteiger partial charge in [-0.05, 0) is 31.1 Å². The van der Waals surface area contributed by atoms with Crippen LogP contribution in [-0.4, -0.2) is 37.2 Å². The number of carbonyl (C=O) groups is 3. The lowest BCUT2D eigenvalue weighted by molar-refractivity contribution is -0.167. The monoisotopic (exact) mass is 947 g/mol. The first-order chi connectivity index (χ1) is 32.8. The van der Waals surface area contributed by atoms with Crippen molar-refractivity contribution >= 4 is 17.9 Å². The molecule has 0 aliphatic carbocycles. The van der Waals surface area contributed by atoms with Crippen LogP contribution in [0.15, 0.2) is 0 Å². The Labute approximate surface area is 418 Å². The summed E-state index contributed by atoms with van der Waals surface area (Å²) >= 11 is 0. The molecule has 0 bridgehead atoms. The quantitative estimate of drug-likeness (QED) is 0.0343. The zero-order valence-corrected chi connectivity index (χ0v) is 46.0. The first-order valence-corrected chi connectivity index (χ1v) is 30.3. The third kappa shape index (κ3) is 53.6. The van der Waals surface area contributed by atoms with Crippen LogP contribution in [-0.2, 0) is 28.6 Å². The molecule has 0 fully saturated rings. The molecule has 2 atom stereocenters. The molecule has 0 aliphatic rings. The fraction of sp³-hybridized carbons (Fsp3) is 0.951. The molecule has 0 N–H and O–H groups in total. The maximum Gasteiger partial charge on any atom is 0.306 e. The summed E-state index contributed by atoms with van der Waals surface area (Å²) in [5, 5.41) is 0. The van der Waals surface area contributed by atoms with Crippen LogP contribution in [0.1, 0.15) is 343 Å². The van der Waals surface area contributed by atoms with E-state index in [-0.39, 0.29) is 31.1 Å². The fourth-order valence-electron chi connectivity index (χ4n) is 9.37. The minimum atomic E-state index is -0.763. The van der Waals surface area contributed by atoms with E-state index in [4.69, 9.17) is 14.2 Å². The lowest BCUT2D eigenvalue weighted by atomic mass is 9.99. The van der Waals surface area contributed by atoms with Crippen LogP contribution in [0.3, 0.4) is 0 Å². The molecule has 0 aromatic carbocycles. The topological polar surface area (TPSA) is 78.9 Å². The lowest BCUT2D eigenvalue weighted by Gasteiger charge is -2.18. The minimum Gasteiger partial charge on any atom is -0.462 e. The van der Waals surface area contributed by atoms with E-state index >= 15 is 0 Å². The van der Waals surface area contributed by atoms with Gasteiger partial charge in [0.25, 0.3) is 0 Å². The summed E-state index contributed by atoms with van der Waals surface area (Å²) in [5.41, 5.74) is 0. The van der Waals surface area contributed by atoms with Gasteiger partial charge in [-0.2, -0.15) is 0 Å². The number of hydrogen-bond donors (Lipinski definition) is 0. The highest BCUT2D eigenvalue weighted by Crippen LogP contribution is 2.19. The Balaban J connectivity index is 4.26. The molecule has 398 valence electrons. The summed E-state index contributed by atoms with van der Waals surface area (Å²) in [6.07, 6.45) is 58.1. The second-order valence-electron chi connectivity index (χ2n) is 21.7. The number of hydrogen-bond acceptors (Lipinski definition) is 6. The second kappa shape index (κ2) is 53.8. The van der Waals surface area contributed by atoms with E-state index in [1.807, 2.05) is 0 Å². The molecule has 0 radical (unpaired) electrons. The molecule has 0 heterocycles. The zero-order chi connectivity index (χ0) is 48.9. The van der Waals surface area contributed by atoms with Crippen LogP contribution in [0.25, 0.3) is 0 Å². The first kappa shape index (κ1) is 65.4. The fourth-order valence-corrected chi connectivity index (χ4v) is 9.37. The molecule has 0 rings (SSSR count). The molecule has 0 aromatic heterocycles. The predicted molar refractivity (Wildman–Crippen MR) is 289 cm³/mol. The minimum absolute atomic E-state index is 0.0627. The van der Waals surface area contributed by atoms with Crippen LogP contribution in [0, 0.1) is 11.8 Å². The molecule has 0 saturated heterocycles. The van der Waals surface area contributed by atoms with Gasteiger partial charge in [0.1, 0.15) is 13.2 Å². The van der Waals surface area contributed by atoms with Gasteiger partial charge in [-0.15, -0.1) is 0 Å². The van der Waals surface area contributed by atoms with Gasteiger partial charge in [-0.25, -0.2) is 0 Å². The summed E-state index contributed by atoms with van der Waals surface area (Å²) in [7, 11) is 0. The number of esters is 3. The predicted octanol–water partition coefficient (Wildman–Crippen LogP) is 20.0. The van der Waals surface area contributed by atoms with Crippen molar-refractivity contribution in [2.24, 2.45) is 11.8 Å². The molecule has 0 aliphatic heterocycles. The van der Waals surface area contributed by atoms with Crippen molar-refractivity contribution in [1.29, 1.82) is 0 Å². The molecule has 0 aromatic rings. The summed E-state index contributed by atoms with van der Waals surface area (Å²) in [5.74, 6) is 0.865. The zero-order valence-electron chi connectivity index (χ0n) is 46.0. The van der Waals surface area contributed by atoms with E-state index < -0.39 is 6.10 Å². The highest BCUT2D eigenvalue weighted by atomic mass is 16.6. The van der Waals surface area contributed by atoms with Gasteiger partial charge in [-0.1, -0.05) is 304 Å². The number of ether oxygens (including phenoxy) is 3. The molecule has 67 heavy (non-hydrogen) atoms. The second-order valence-corrected chi connectivity index (χ2v) is 21.7. The van der Waals surface area contributed by atoms with Crippen molar-refractivity contribution in [2.45, 2.75) is 349 Å². The first-order valence-electron chi connectivity index (χ1n) is 30.3. The van der Waals surface area contributed by atoms with Crippen molar-refractivity contribution in [3.63, 3.8) is 0 Å². The summed E-state index contributed by atoms with van der Waals surface area (Å²) in [4.78, 5) is 38.2. The number of unbranched alkanes of at least 4 members (excludes halogenated alkanes) is 39. The molecule has 1 unspecified atom stereocenters. The van der Waals surface area contributed by atoms with Crippen LogP contribution in [0.2, 0.25) is 0 Å². The molecular formula is C61H118O6. The summed E-state index contributed by atoms with van der Waals surface area (Å²) in [6.45, 7) is 11.4. The van der Waals surface area contributed by atoms with Crippen molar-refractivity contribution in [2.75, 3.05) is 13.2 Å². The highest BCUT2D eigenvalue weighted by molar-refractivity contribution is 5.71. The molecule has 6 heteroatoms. The molecule has 0 spiro atoms. The normalized spacial score (nSPS) is 12.4. The van der Waals surface area contributed by atoms with Crippen LogP contribution in [0.5, 0.6) is 0 Å². The average Bonchev–Trinajstić information content (AvgIpc) is 3.31. The van der Waals surface area contributed by atoms with E-state index in [9.17, 15) is 14.4 Å². The van der Waals surface area contributed by atoms with E-state index in [0.29, 0.717) is 19.3 Å². The highest BCUT2D eigenvalue weighted by Gasteiger charge is 2.19. The Bertz CT molecular complexity index is 1030. The van der Waals surface area contributed by atoms with Gasteiger partial charge in [0.2, 0.25) is 0 Å². The smallest absolute Gasteiger partial charge is 0.306 e. The summed E-state index contributed by atoms with van der Waals surface area (Å²) in [6, 6.07) is 0. The Morgan fingerprint density at radius 2 is 0.567 bits per heavy atom. The van der Waals surface area contributed by atoms with E-state index in [2.05, 4.69) is 34.6 Å². The standard InChI is InChI=1S/C61H118O6/c1-6-8-9-10-11-12-13-14-15-16-17-18-19-23-26-31-36-41-46-51-59(62)65-54-58(55-66-60(63)52-47-42-37-33-28-29-34-39-44-49-56(3)4)67-61(64)53-48-43-38-32-27-24-21-20-22-25-30-35-40-45-50-57(5)7-2/h56-58H,6-55H2,1-5H3/t57?,58-/m1/s1. The van der Waals surface area contributed by atoms with Gasteiger partial charge < -0.3 is 14.2 Å². The van der Waals surface area contributed by atoms with Crippen LogP contribution in [0.4, 0.5) is 0 Å². The van der Waals surface area contributed by atoms with Crippen LogP contribution >= 0.6 is 0 Å². The van der Waals surface area contributed by atoms with Gasteiger partial charge in [0, 0.05) is 19.3 Å². The lowest BCUT2D eigenvalue weighted by Crippen LogP contribution is -2.30. The summed E-state index contributed by atoms with van der Waals surface area (Å²) < 4.78 is 16.9. The van der Waals surface area contributed by atoms with Crippen molar-refractivity contribution in [3.8, 4) is 0 Å². The maximum atomic E-state index is 12.9. The van der Waals surface area contributed by atoms with Crippen LogP contribution < -0.4 is 0 Å². The Morgan fingerprint density at radius 3 is 0.851 bits per heavy atom. The number of rotatable bonds is 55. The molecule has 0 saturated carbocycles. The Morgan fingerprint density at radius 1 is 0.313 bits per heavy atom. The number of carbonyl (C=O) groups excluding carboxylic acids is 3. The molecule has 0 amide bonds. The third-order valence-corrected chi connectivity index (χ3v) is 14.3. The van der Waals surface area contributed by atoms with E-state index in [1.54, 1.807) is 0 Å². The molecular weight excluding hydrogens is 829 g/mol. The van der Waals surface area contributed by atoms with Crippen molar-refractivity contribution in [3.05, 3.63) is 0 Å². The Hall–Kier alpha value is -1.59. The van der Waals surface area contributed by atoms with Crippen molar-refractivity contribution < 1.29 is 28.6 Å². The third-order valence-electron chi connectivity index (χ3n) is 14.3. The average molecular weight is 948 g/mol. The maximum absolute atomic E-state index is 12.9. The Kier molecular flexibility index (Phi) is 52.5. The van der Waals surface area contributed by atoms with Gasteiger partial charge in [0.05, 0.1) is 0 Å².